The quantitative estimate of drug-likeness (QED) is 0.585. The average molecular weight is 235 g/mol. The summed E-state index contributed by atoms with van der Waals surface area (Å²) in [7, 11) is 1.94. The number of nitroso groups, excluding NO2 is 1. The summed E-state index contributed by atoms with van der Waals surface area (Å²) in [6, 6.07) is 10.6. The molecule has 0 saturated carbocycles. The standard InChI is InChI=1S/C11H13N3OS/c1-8-10(9-6-4-3-5-7-9)16-11(12-13-15)14(8)2/h3-8,10H,1-2H3/b12-11+/t8-,10-/m0/s1. The molecule has 1 aliphatic rings. The molecule has 0 aromatic heterocycles. The Labute approximate surface area is 98.7 Å². The van der Waals surface area contributed by atoms with Gasteiger partial charge in [0.05, 0.1) is 10.5 Å². The first-order valence-electron chi connectivity index (χ1n) is 5.09. The Morgan fingerprint density at radius 2 is 2.00 bits per heavy atom. The zero-order chi connectivity index (χ0) is 11.5. The van der Waals surface area contributed by atoms with Gasteiger partial charge in [-0.25, -0.2) is 0 Å². The van der Waals surface area contributed by atoms with E-state index in [1.165, 1.54) is 5.56 Å². The molecule has 1 aromatic rings. The minimum atomic E-state index is 0.312. The molecule has 2 atom stereocenters. The first-order valence-corrected chi connectivity index (χ1v) is 5.96. The minimum Gasteiger partial charge on any atom is -0.349 e. The van der Waals surface area contributed by atoms with E-state index in [4.69, 9.17) is 0 Å². The summed E-state index contributed by atoms with van der Waals surface area (Å²) in [6.45, 7) is 2.12. The maximum atomic E-state index is 10.2. The lowest BCUT2D eigenvalue weighted by Crippen LogP contribution is -2.28. The van der Waals surface area contributed by atoms with Crippen molar-refractivity contribution in [1.29, 1.82) is 0 Å². The van der Waals surface area contributed by atoms with Crippen molar-refractivity contribution in [1.82, 2.24) is 4.90 Å². The van der Waals surface area contributed by atoms with Gasteiger partial charge in [-0.3, -0.25) is 0 Å². The molecule has 1 heterocycles. The molecule has 0 spiro atoms. The molecule has 0 aliphatic carbocycles. The summed E-state index contributed by atoms with van der Waals surface area (Å²) in [5.74, 6) is 0. The van der Waals surface area contributed by atoms with Crippen molar-refractivity contribution in [3.8, 4) is 0 Å². The molecule has 0 radical (unpaired) electrons. The van der Waals surface area contributed by atoms with Crippen LogP contribution in [-0.4, -0.2) is 23.2 Å². The fraction of sp³-hybridized carbons (Fsp3) is 0.364. The van der Waals surface area contributed by atoms with Crippen molar-refractivity contribution >= 4 is 16.9 Å². The van der Waals surface area contributed by atoms with Gasteiger partial charge in [0, 0.05) is 13.1 Å². The van der Waals surface area contributed by atoms with Crippen molar-refractivity contribution in [2.45, 2.75) is 18.2 Å². The average Bonchev–Trinajstić information content (AvgIpc) is 2.59. The number of benzene rings is 1. The molecular weight excluding hydrogens is 222 g/mol. The van der Waals surface area contributed by atoms with Crippen LogP contribution in [0.15, 0.2) is 40.7 Å². The van der Waals surface area contributed by atoms with Crippen LogP contribution in [-0.2, 0) is 0 Å². The van der Waals surface area contributed by atoms with Crippen LogP contribution in [0.5, 0.6) is 0 Å². The minimum absolute atomic E-state index is 0.312. The highest BCUT2D eigenvalue weighted by molar-refractivity contribution is 8.14. The Bertz CT molecular complexity index is 407. The third kappa shape index (κ3) is 1.95. The number of amidine groups is 1. The van der Waals surface area contributed by atoms with Gasteiger partial charge in [0.15, 0.2) is 5.17 Å². The van der Waals surface area contributed by atoms with Gasteiger partial charge in [0.1, 0.15) is 0 Å². The predicted octanol–water partition coefficient (Wildman–Crippen LogP) is 2.83. The second-order valence-corrected chi connectivity index (χ2v) is 4.87. The van der Waals surface area contributed by atoms with E-state index in [9.17, 15) is 4.91 Å². The van der Waals surface area contributed by atoms with Crippen LogP contribution in [0.2, 0.25) is 0 Å². The monoisotopic (exact) mass is 235 g/mol. The summed E-state index contributed by atoms with van der Waals surface area (Å²) >= 11 is 1.59. The van der Waals surface area contributed by atoms with Crippen LogP contribution < -0.4 is 0 Å². The summed E-state index contributed by atoms with van der Waals surface area (Å²) in [4.78, 5) is 12.2. The van der Waals surface area contributed by atoms with Gasteiger partial charge in [-0.15, -0.1) is 4.91 Å². The molecule has 2 rings (SSSR count). The SMILES string of the molecule is C[C@H]1[C@@H](c2ccccc2)S/C(=N/N=O)N1C. The van der Waals surface area contributed by atoms with Crippen molar-refractivity contribution in [2.75, 3.05) is 7.05 Å². The molecule has 84 valence electrons. The second-order valence-electron chi connectivity index (χ2n) is 3.76. The van der Waals surface area contributed by atoms with Gasteiger partial charge in [-0.2, -0.15) is 0 Å². The van der Waals surface area contributed by atoms with E-state index in [1.807, 2.05) is 30.1 Å². The van der Waals surface area contributed by atoms with E-state index in [0.29, 0.717) is 16.5 Å². The first kappa shape index (κ1) is 11.1. The highest BCUT2D eigenvalue weighted by Crippen LogP contribution is 2.42. The second kappa shape index (κ2) is 4.65. The van der Waals surface area contributed by atoms with Crippen LogP contribution in [0.1, 0.15) is 17.7 Å². The van der Waals surface area contributed by atoms with Crippen molar-refractivity contribution in [3.63, 3.8) is 0 Å². The van der Waals surface area contributed by atoms with Gasteiger partial charge in [0.2, 0.25) is 0 Å². The molecule has 1 fully saturated rings. The van der Waals surface area contributed by atoms with Crippen molar-refractivity contribution < 1.29 is 0 Å². The highest BCUT2D eigenvalue weighted by atomic mass is 32.2. The van der Waals surface area contributed by atoms with Crippen molar-refractivity contribution in [2.24, 2.45) is 10.4 Å². The van der Waals surface area contributed by atoms with Crippen LogP contribution in [0.3, 0.4) is 0 Å². The molecule has 4 nitrogen and oxygen atoms in total. The first-order chi connectivity index (χ1) is 7.74. The zero-order valence-electron chi connectivity index (χ0n) is 9.20. The van der Waals surface area contributed by atoms with E-state index in [2.05, 4.69) is 29.4 Å². The summed E-state index contributed by atoms with van der Waals surface area (Å²) in [5.41, 5.74) is 1.25. The summed E-state index contributed by atoms with van der Waals surface area (Å²) in [5, 5.41) is 7.21. The summed E-state index contributed by atoms with van der Waals surface area (Å²) < 4.78 is 0. The molecule has 0 bridgehead atoms. The van der Waals surface area contributed by atoms with Crippen LogP contribution in [0.4, 0.5) is 0 Å². The number of rotatable bonds is 2. The van der Waals surface area contributed by atoms with Gasteiger partial charge >= 0.3 is 0 Å². The fourth-order valence-corrected chi connectivity index (χ4v) is 3.10. The molecule has 5 heteroatoms. The third-order valence-corrected chi connectivity index (χ3v) is 4.34. The molecule has 1 aliphatic heterocycles. The van der Waals surface area contributed by atoms with Crippen LogP contribution in [0.25, 0.3) is 0 Å². The Morgan fingerprint density at radius 1 is 1.31 bits per heavy atom. The third-order valence-electron chi connectivity index (χ3n) is 2.84. The van der Waals surface area contributed by atoms with E-state index in [-0.39, 0.29) is 0 Å². The molecule has 0 unspecified atom stereocenters. The molecular formula is C11H13N3OS. The largest absolute Gasteiger partial charge is 0.349 e. The van der Waals surface area contributed by atoms with E-state index in [1.54, 1.807) is 11.8 Å². The zero-order valence-corrected chi connectivity index (χ0v) is 10.0. The van der Waals surface area contributed by atoms with E-state index < -0.39 is 0 Å². The number of thioether (sulfide) groups is 1. The number of hydrogen-bond donors (Lipinski definition) is 0. The van der Waals surface area contributed by atoms with E-state index in [0.717, 1.165) is 0 Å². The smallest absolute Gasteiger partial charge is 0.189 e. The normalized spacial score (nSPS) is 27.4. The molecule has 0 N–H and O–H groups in total. The van der Waals surface area contributed by atoms with Gasteiger partial charge < -0.3 is 4.90 Å². The molecule has 1 saturated heterocycles. The predicted molar refractivity (Wildman–Crippen MR) is 67.2 cm³/mol. The highest BCUT2D eigenvalue weighted by Gasteiger charge is 2.34. The Kier molecular flexibility index (Phi) is 3.24. The fourth-order valence-electron chi connectivity index (χ4n) is 1.79. The lowest BCUT2D eigenvalue weighted by atomic mass is 10.1. The van der Waals surface area contributed by atoms with Crippen LogP contribution >= 0.6 is 11.8 Å². The molecule has 0 amide bonds. The van der Waals surface area contributed by atoms with Gasteiger partial charge in [0.25, 0.3) is 0 Å². The van der Waals surface area contributed by atoms with Gasteiger partial charge in [-0.05, 0) is 12.5 Å². The number of likely N-dealkylation sites (N-methyl/N-ethyl adjacent to an activating group) is 1. The van der Waals surface area contributed by atoms with Crippen molar-refractivity contribution in [3.05, 3.63) is 40.8 Å². The van der Waals surface area contributed by atoms with Gasteiger partial charge in [-0.1, -0.05) is 47.2 Å². The Balaban J connectivity index is 2.26. The summed E-state index contributed by atoms with van der Waals surface area (Å²) in [6.07, 6.45) is 0. The maximum absolute atomic E-state index is 10.2. The lowest BCUT2D eigenvalue weighted by Gasteiger charge is -2.19. The number of hydrogen-bond acceptors (Lipinski definition) is 3. The Hall–Kier alpha value is -1.36. The Morgan fingerprint density at radius 3 is 2.62 bits per heavy atom. The van der Waals surface area contributed by atoms with Crippen LogP contribution in [0, 0.1) is 4.91 Å². The molecule has 1 aromatic carbocycles. The lowest BCUT2D eigenvalue weighted by molar-refractivity contribution is 0.403. The number of nitrogens with zero attached hydrogens (tertiary/aromatic N) is 3. The maximum Gasteiger partial charge on any atom is 0.189 e. The van der Waals surface area contributed by atoms with E-state index >= 15 is 0 Å². The molecule has 16 heavy (non-hydrogen) atoms. The topological polar surface area (TPSA) is 45.0 Å².